The molecule has 0 aliphatic carbocycles. The SMILES string of the molecule is CC(C)CCC(=O)c1cc2ccccc2s1. The number of hydrogen-bond donors (Lipinski definition) is 0. The van der Waals surface area contributed by atoms with Crippen LogP contribution in [0.5, 0.6) is 0 Å². The zero-order valence-corrected chi connectivity index (χ0v) is 10.5. The fraction of sp³-hybridized carbons (Fsp3) is 0.357. The Hall–Kier alpha value is -1.15. The van der Waals surface area contributed by atoms with E-state index in [1.165, 1.54) is 10.1 Å². The standard InChI is InChI=1S/C14H16OS/c1-10(2)7-8-12(15)14-9-11-5-3-4-6-13(11)16-14/h3-6,9-10H,7-8H2,1-2H3. The Morgan fingerprint density at radius 1 is 1.31 bits per heavy atom. The van der Waals surface area contributed by atoms with Gasteiger partial charge >= 0.3 is 0 Å². The molecule has 0 N–H and O–H groups in total. The highest BCUT2D eigenvalue weighted by molar-refractivity contribution is 7.20. The number of ketones is 1. The molecule has 0 bridgehead atoms. The van der Waals surface area contributed by atoms with Gasteiger partial charge in [-0.25, -0.2) is 0 Å². The lowest BCUT2D eigenvalue weighted by Gasteiger charge is -2.01. The summed E-state index contributed by atoms with van der Waals surface area (Å²) in [5, 5.41) is 1.18. The van der Waals surface area contributed by atoms with E-state index in [1.807, 2.05) is 18.2 Å². The summed E-state index contributed by atoms with van der Waals surface area (Å²) in [6, 6.07) is 10.2. The van der Waals surface area contributed by atoms with Gasteiger partial charge in [-0.15, -0.1) is 11.3 Å². The van der Waals surface area contributed by atoms with Crippen LogP contribution in [0, 0.1) is 5.92 Å². The van der Waals surface area contributed by atoms with Gasteiger partial charge in [0.05, 0.1) is 4.88 Å². The van der Waals surface area contributed by atoms with Gasteiger partial charge in [-0.05, 0) is 29.9 Å². The molecule has 0 spiro atoms. The van der Waals surface area contributed by atoms with Crippen LogP contribution in [0.15, 0.2) is 30.3 Å². The highest BCUT2D eigenvalue weighted by Crippen LogP contribution is 2.26. The average Bonchev–Trinajstić information content (AvgIpc) is 2.69. The smallest absolute Gasteiger partial charge is 0.172 e. The summed E-state index contributed by atoms with van der Waals surface area (Å²) in [6.07, 6.45) is 1.65. The van der Waals surface area contributed by atoms with Gasteiger partial charge in [-0.1, -0.05) is 32.0 Å². The van der Waals surface area contributed by atoms with Crippen LogP contribution in [-0.2, 0) is 0 Å². The summed E-state index contributed by atoms with van der Waals surface area (Å²) in [5.41, 5.74) is 0. The van der Waals surface area contributed by atoms with Crippen molar-refractivity contribution < 1.29 is 4.79 Å². The lowest BCUT2D eigenvalue weighted by Crippen LogP contribution is -1.98. The summed E-state index contributed by atoms with van der Waals surface area (Å²) in [4.78, 5) is 12.8. The van der Waals surface area contributed by atoms with Crippen molar-refractivity contribution in [2.75, 3.05) is 0 Å². The topological polar surface area (TPSA) is 17.1 Å². The first kappa shape index (κ1) is 11.3. The van der Waals surface area contributed by atoms with Crippen molar-refractivity contribution in [3.05, 3.63) is 35.2 Å². The van der Waals surface area contributed by atoms with Gasteiger partial charge in [0.15, 0.2) is 5.78 Å². The molecule has 1 aromatic carbocycles. The first-order chi connectivity index (χ1) is 7.66. The van der Waals surface area contributed by atoms with Crippen LogP contribution in [0.25, 0.3) is 10.1 Å². The second-order valence-corrected chi connectivity index (χ2v) is 5.59. The predicted octanol–water partition coefficient (Wildman–Crippen LogP) is 4.52. The number of carbonyl (C=O) groups is 1. The molecule has 2 rings (SSSR count). The van der Waals surface area contributed by atoms with Gasteiger partial charge in [0.25, 0.3) is 0 Å². The Balaban J connectivity index is 2.17. The van der Waals surface area contributed by atoms with Crippen LogP contribution in [0.2, 0.25) is 0 Å². The van der Waals surface area contributed by atoms with Crippen molar-refractivity contribution in [2.45, 2.75) is 26.7 Å². The Kier molecular flexibility index (Phi) is 3.39. The third-order valence-corrected chi connectivity index (χ3v) is 3.81. The Labute approximate surface area is 100 Å². The van der Waals surface area contributed by atoms with E-state index < -0.39 is 0 Å². The average molecular weight is 232 g/mol. The lowest BCUT2D eigenvalue weighted by molar-refractivity contribution is 0.0979. The summed E-state index contributed by atoms with van der Waals surface area (Å²) in [5.74, 6) is 0.883. The maximum absolute atomic E-state index is 11.9. The highest BCUT2D eigenvalue weighted by Gasteiger charge is 2.10. The molecule has 16 heavy (non-hydrogen) atoms. The second-order valence-electron chi connectivity index (χ2n) is 4.50. The maximum atomic E-state index is 11.9. The van der Waals surface area contributed by atoms with Crippen LogP contribution in [-0.4, -0.2) is 5.78 Å². The van der Waals surface area contributed by atoms with E-state index in [-0.39, 0.29) is 5.78 Å². The van der Waals surface area contributed by atoms with Crippen molar-refractivity contribution in [1.29, 1.82) is 0 Å². The lowest BCUT2D eigenvalue weighted by atomic mass is 10.1. The zero-order chi connectivity index (χ0) is 11.5. The van der Waals surface area contributed by atoms with Crippen molar-refractivity contribution in [3.8, 4) is 0 Å². The Morgan fingerprint density at radius 2 is 2.06 bits per heavy atom. The number of hydrogen-bond acceptors (Lipinski definition) is 2. The molecule has 0 saturated carbocycles. The third-order valence-electron chi connectivity index (χ3n) is 2.65. The molecular weight excluding hydrogens is 216 g/mol. The zero-order valence-electron chi connectivity index (χ0n) is 9.69. The number of carbonyl (C=O) groups excluding carboxylic acids is 1. The van der Waals surface area contributed by atoms with Crippen LogP contribution >= 0.6 is 11.3 Å². The fourth-order valence-corrected chi connectivity index (χ4v) is 2.69. The molecule has 2 heteroatoms. The van der Waals surface area contributed by atoms with Gasteiger partial charge in [-0.2, -0.15) is 0 Å². The minimum Gasteiger partial charge on any atom is -0.293 e. The van der Waals surface area contributed by atoms with Gasteiger partial charge in [0.1, 0.15) is 0 Å². The number of rotatable bonds is 4. The molecule has 2 aromatic rings. The molecule has 0 atom stereocenters. The normalized spacial score (nSPS) is 11.2. The summed E-state index contributed by atoms with van der Waals surface area (Å²) >= 11 is 1.61. The quantitative estimate of drug-likeness (QED) is 0.708. The number of Topliss-reactive ketones (excluding diaryl/α,β-unsaturated/α-hetero) is 1. The largest absolute Gasteiger partial charge is 0.293 e. The summed E-state index contributed by atoms with van der Waals surface area (Å²) in [7, 11) is 0. The molecule has 1 aromatic heterocycles. The van der Waals surface area contributed by atoms with Crippen molar-refractivity contribution in [3.63, 3.8) is 0 Å². The Morgan fingerprint density at radius 3 is 2.75 bits per heavy atom. The number of thiophene rings is 1. The van der Waals surface area contributed by atoms with E-state index in [2.05, 4.69) is 26.0 Å². The Bertz CT molecular complexity index is 463. The van der Waals surface area contributed by atoms with Gasteiger partial charge in [0.2, 0.25) is 0 Å². The molecule has 0 amide bonds. The monoisotopic (exact) mass is 232 g/mol. The van der Waals surface area contributed by atoms with Crippen LogP contribution in [0.1, 0.15) is 36.4 Å². The molecule has 0 aliphatic rings. The van der Waals surface area contributed by atoms with Crippen LogP contribution < -0.4 is 0 Å². The number of fused-ring (bicyclic) bond motifs is 1. The molecule has 1 nitrogen and oxygen atoms in total. The molecule has 0 aliphatic heterocycles. The van der Waals surface area contributed by atoms with Crippen LogP contribution in [0.3, 0.4) is 0 Å². The van der Waals surface area contributed by atoms with E-state index in [0.29, 0.717) is 12.3 Å². The first-order valence-electron chi connectivity index (χ1n) is 5.68. The molecule has 0 saturated heterocycles. The van der Waals surface area contributed by atoms with E-state index in [9.17, 15) is 4.79 Å². The summed E-state index contributed by atoms with van der Waals surface area (Å²) in [6.45, 7) is 4.30. The molecular formula is C14H16OS. The molecule has 0 fully saturated rings. The molecule has 0 unspecified atom stereocenters. The minimum atomic E-state index is 0.287. The highest BCUT2D eigenvalue weighted by atomic mass is 32.1. The van der Waals surface area contributed by atoms with E-state index >= 15 is 0 Å². The van der Waals surface area contributed by atoms with E-state index in [0.717, 1.165) is 11.3 Å². The second kappa shape index (κ2) is 4.79. The van der Waals surface area contributed by atoms with Crippen LogP contribution in [0.4, 0.5) is 0 Å². The minimum absolute atomic E-state index is 0.287. The summed E-state index contributed by atoms with van der Waals surface area (Å²) < 4.78 is 1.20. The van der Waals surface area contributed by atoms with Gasteiger partial charge in [0, 0.05) is 11.1 Å². The first-order valence-corrected chi connectivity index (χ1v) is 6.50. The van der Waals surface area contributed by atoms with Crippen molar-refractivity contribution in [2.24, 2.45) is 5.92 Å². The third kappa shape index (κ3) is 2.50. The molecule has 1 heterocycles. The van der Waals surface area contributed by atoms with Gasteiger partial charge < -0.3 is 0 Å². The maximum Gasteiger partial charge on any atom is 0.172 e. The van der Waals surface area contributed by atoms with E-state index in [1.54, 1.807) is 11.3 Å². The number of benzene rings is 1. The molecule has 84 valence electrons. The van der Waals surface area contributed by atoms with Gasteiger partial charge in [-0.3, -0.25) is 4.79 Å². The predicted molar refractivity (Wildman–Crippen MR) is 70.2 cm³/mol. The van der Waals surface area contributed by atoms with Crippen molar-refractivity contribution in [1.82, 2.24) is 0 Å². The van der Waals surface area contributed by atoms with E-state index in [4.69, 9.17) is 0 Å². The van der Waals surface area contributed by atoms with Crippen molar-refractivity contribution >= 4 is 27.2 Å². The molecule has 0 radical (unpaired) electrons. The fourth-order valence-electron chi connectivity index (χ4n) is 1.66.